The highest BCUT2D eigenvalue weighted by Gasteiger charge is 2.27. The van der Waals surface area contributed by atoms with Crippen molar-refractivity contribution in [2.24, 2.45) is 0 Å². The second kappa shape index (κ2) is 14.1. The topological polar surface area (TPSA) is 154 Å². The van der Waals surface area contributed by atoms with Crippen molar-refractivity contribution < 1.29 is 26.4 Å². The van der Waals surface area contributed by atoms with Gasteiger partial charge in [-0.05, 0) is 78.9 Å². The number of Topliss-reactive ketones (excluding diaryl/α,β-unsaturated/α-hetero) is 2. The Kier molecular flexibility index (Phi) is 10.2. The number of carbonyl (C=O) groups is 2. The van der Waals surface area contributed by atoms with Gasteiger partial charge in [-0.15, -0.1) is 0 Å². The molecular weight excluding hydrogens is 625 g/mol. The Labute approximate surface area is 269 Å². The summed E-state index contributed by atoms with van der Waals surface area (Å²) < 4.78 is 46.6. The number of benzene rings is 2. The molecule has 1 fully saturated rings. The number of sulfone groups is 2. The van der Waals surface area contributed by atoms with E-state index in [1.165, 1.54) is 24.3 Å². The average Bonchev–Trinajstić information content (AvgIpc) is 3.01. The van der Waals surface area contributed by atoms with Gasteiger partial charge < -0.3 is 0 Å². The monoisotopic (exact) mass is 660 g/mol. The lowest BCUT2D eigenvalue weighted by atomic mass is 9.78. The quantitative estimate of drug-likeness (QED) is 0.216. The fourth-order valence-corrected chi connectivity index (χ4v) is 7.05. The maximum atomic E-state index is 12.6. The molecule has 46 heavy (non-hydrogen) atoms. The third kappa shape index (κ3) is 8.97. The van der Waals surface area contributed by atoms with E-state index in [1.54, 1.807) is 24.3 Å². The van der Waals surface area contributed by atoms with E-state index in [4.69, 9.17) is 0 Å². The van der Waals surface area contributed by atoms with E-state index in [2.05, 4.69) is 20.4 Å². The molecule has 1 aliphatic rings. The summed E-state index contributed by atoms with van der Waals surface area (Å²) in [4.78, 5) is 25.7. The van der Waals surface area contributed by atoms with Crippen LogP contribution in [0.1, 0.15) is 71.4 Å². The van der Waals surface area contributed by atoms with Gasteiger partial charge in [-0.3, -0.25) is 9.59 Å². The Hall–Kier alpha value is -4.16. The molecule has 1 aliphatic carbocycles. The first kappa shape index (κ1) is 33.2. The lowest BCUT2D eigenvalue weighted by molar-refractivity contribution is -0.118. The van der Waals surface area contributed by atoms with Crippen LogP contribution in [0.25, 0.3) is 0 Å². The summed E-state index contributed by atoms with van der Waals surface area (Å²) in [5.74, 6) is 0.362. The van der Waals surface area contributed by atoms with E-state index in [1.807, 2.05) is 24.3 Å². The molecule has 0 spiro atoms. The number of hydrogen-bond donors (Lipinski definition) is 0. The minimum Gasteiger partial charge on any atom is -0.299 e. The summed E-state index contributed by atoms with van der Waals surface area (Å²) in [5.41, 5.74) is 4.45. The van der Waals surface area contributed by atoms with Gasteiger partial charge in [-0.1, -0.05) is 30.7 Å². The third-order valence-corrected chi connectivity index (χ3v) is 10.5. The Bertz CT molecular complexity index is 1770. The van der Waals surface area contributed by atoms with Crippen LogP contribution >= 0.6 is 0 Å². The fraction of sp³-hybridized carbons (Fsp3) is 0.353. The van der Waals surface area contributed by atoms with Gasteiger partial charge in [-0.2, -0.15) is 20.4 Å². The predicted octanol–water partition coefficient (Wildman–Crippen LogP) is 4.22. The number of hydrogen-bond acceptors (Lipinski definition) is 10. The Morgan fingerprint density at radius 3 is 1.28 bits per heavy atom. The van der Waals surface area contributed by atoms with Gasteiger partial charge in [0.15, 0.2) is 19.7 Å². The fourth-order valence-electron chi connectivity index (χ4n) is 5.78. The molecule has 0 bridgehead atoms. The zero-order valence-electron chi connectivity index (χ0n) is 25.8. The summed E-state index contributed by atoms with van der Waals surface area (Å²) in [6.07, 6.45) is 6.80. The molecule has 2 aromatic carbocycles. The largest absolute Gasteiger partial charge is 0.299 e. The molecule has 2 aromatic heterocycles. The van der Waals surface area contributed by atoms with Crippen molar-refractivity contribution in [3.8, 4) is 0 Å². The second-order valence-electron chi connectivity index (χ2n) is 12.1. The van der Waals surface area contributed by atoms with Crippen LogP contribution in [-0.2, 0) is 54.9 Å². The second-order valence-corrected chi connectivity index (χ2v) is 16.1. The molecule has 0 saturated heterocycles. The van der Waals surface area contributed by atoms with Gasteiger partial charge in [0.25, 0.3) is 0 Å². The number of rotatable bonds is 12. The number of carbonyl (C=O) groups excluding carboxylic acids is 2. The Balaban J connectivity index is 1.12. The van der Waals surface area contributed by atoms with E-state index < -0.39 is 19.7 Å². The van der Waals surface area contributed by atoms with Gasteiger partial charge in [-0.25, -0.2) is 16.8 Å². The smallest absolute Gasteiger partial charge is 0.175 e. The van der Waals surface area contributed by atoms with Crippen LogP contribution in [0, 0.1) is 0 Å². The normalized spacial score (nSPS) is 17.0. The average molecular weight is 661 g/mol. The van der Waals surface area contributed by atoms with Crippen molar-refractivity contribution in [3.05, 3.63) is 107 Å². The molecule has 12 heteroatoms. The van der Waals surface area contributed by atoms with E-state index >= 15 is 0 Å². The van der Waals surface area contributed by atoms with Crippen molar-refractivity contribution in [1.29, 1.82) is 0 Å². The van der Waals surface area contributed by atoms with Gasteiger partial charge in [0, 0.05) is 37.2 Å². The molecular formula is C34H36N4O6S2. The molecule has 0 radical (unpaired) electrons. The van der Waals surface area contributed by atoms with Crippen molar-refractivity contribution in [1.82, 2.24) is 20.4 Å². The minimum atomic E-state index is -3.28. The van der Waals surface area contributed by atoms with Crippen LogP contribution in [0.3, 0.4) is 0 Å². The van der Waals surface area contributed by atoms with Crippen LogP contribution in [0.2, 0.25) is 0 Å². The SMILES string of the molecule is CS(=O)(=O)c1ccc(CC(=O)Cc2ccc([C@H]3CCC[C@H](c4ccc(CC(=O)Cc5ccc(S(C)(=O)=O)cc5)nn4)C3)nn2)cc1. The number of nitrogens with zero attached hydrogens (tertiary/aromatic N) is 4. The molecule has 0 unspecified atom stereocenters. The first-order chi connectivity index (χ1) is 21.8. The first-order valence-electron chi connectivity index (χ1n) is 15.1. The molecule has 240 valence electrons. The number of ketones is 2. The maximum Gasteiger partial charge on any atom is 0.175 e. The Morgan fingerprint density at radius 1 is 0.565 bits per heavy atom. The van der Waals surface area contributed by atoms with E-state index in [0.29, 0.717) is 11.4 Å². The molecule has 2 heterocycles. The molecule has 5 rings (SSSR count). The van der Waals surface area contributed by atoms with Crippen LogP contribution in [0.15, 0.2) is 82.6 Å². The molecule has 0 N–H and O–H groups in total. The first-order valence-corrected chi connectivity index (χ1v) is 18.9. The lowest BCUT2D eigenvalue weighted by Gasteiger charge is -2.28. The van der Waals surface area contributed by atoms with E-state index in [-0.39, 0.29) is 58.9 Å². The van der Waals surface area contributed by atoms with Crippen molar-refractivity contribution >= 4 is 31.2 Å². The third-order valence-electron chi connectivity index (χ3n) is 8.25. The van der Waals surface area contributed by atoms with Gasteiger partial charge in [0.1, 0.15) is 11.6 Å². The zero-order chi connectivity index (χ0) is 32.9. The highest BCUT2D eigenvalue weighted by atomic mass is 32.2. The van der Waals surface area contributed by atoms with Crippen LogP contribution in [0.5, 0.6) is 0 Å². The van der Waals surface area contributed by atoms with Gasteiger partial charge in [0.05, 0.1) is 45.4 Å². The highest BCUT2D eigenvalue weighted by Crippen LogP contribution is 2.39. The molecule has 1 saturated carbocycles. The highest BCUT2D eigenvalue weighted by molar-refractivity contribution is 7.91. The lowest BCUT2D eigenvalue weighted by Crippen LogP contribution is -2.17. The zero-order valence-corrected chi connectivity index (χ0v) is 27.4. The summed E-state index contributed by atoms with van der Waals surface area (Å²) in [6, 6.07) is 20.3. The summed E-state index contributed by atoms with van der Waals surface area (Å²) >= 11 is 0. The van der Waals surface area contributed by atoms with Crippen LogP contribution < -0.4 is 0 Å². The number of aromatic nitrogens is 4. The van der Waals surface area contributed by atoms with E-state index in [9.17, 15) is 26.4 Å². The summed E-state index contributed by atoms with van der Waals surface area (Å²) in [5, 5.41) is 17.6. The summed E-state index contributed by atoms with van der Waals surface area (Å²) in [6.45, 7) is 0. The molecule has 10 nitrogen and oxygen atoms in total. The van der Waals surface area contributed by atoms with E-state index in [0.717, 1.165) is 60.7 Å². The molecule has 2 atom stereocenters. The summed E-state index contributed by atoms with van der Waals surface area (Å²) in [7, 11) is -6.56. The van der Waals surface area contributed by atoms with Gasteiger partial charge in [0.2, 0.25) is 0 Å². The van der Waals surface area contributed by atoms with Crippen LogP contribution in [-0.4, -0.2) is 61.3 Å². The van der Waals surface area contributed by atoms with Crippen LogP contribution in [0.4, 0.5) is 0 Å². The Morgan fingerprint density at radius 2 is 0.957 bits per heavy atom. The van der Waals surface area contributed by atoms with Crippen molar-refractivity contribution in [2.45, 2.75) is 73.0 Å². The molecule has 4 aromatic rings. The van der Waals surface area contributed by atoms with Gasteiger partial charge >= 0.3 is 0 Å². The predicted molar refractivity (Wildman–Crippen MR) is 172 cm³/mol. The minimum absolute atomic E-state index is 0.0288. The molecule has 0 amide bonds. The maximum absolute atomic E-state index is 12.6. The van der Waals surface area contributed by atoms with Crippen molar-refractivity contribution in [3.63, 3.8) is 0 Å². The molecule has 0 aliphatic heterocycles. The standard InChI is InChI=1S/C34H36N4O6S2/c1-45(41,42)31-12-6-23(7-13-31)18-29(39)21-27-10-16-33(37-35-27)25-4-3-5-26(20-25)34-17-11-28(36-38-34)22-30(40)19-24-8-14-32(15-9-24)46(2,43)44/h6-17,25-26H,3-5,18-22H2,1-2H3/t25-,26-/m0/s1. The van der Waals surface area contributed by atoms with Crippen molar-refractivity contribution in [2.75, 3.05) is 12.5 Å².